The van der Waals surface area contributed by atoms with Crippen LogP contribution < -0.4 is 4.72 Å². The van der Waals surface area contributed by atoms with Crippen LogP contribution in [-0.4, -0.2) is 30.5 Å². The van der Waals surface area contributed by atoms with Gasteiger partial charge in [0, 0.05) is 12.1 Å². The van der Waals surface area contributed by atoms with E-state index >= 15 is 0 Å². The van der Waals surface area contributed by atoms with Crippen molar-refractivity contribution in [1.29, 1.82) is 0 Å². The smallest absolute Gasteiger partial charge is 0.306 e. The van der Waals surface area contributed by atoms with E-state index in [1.807, 2.05) is 0 Å². The highest BCUT2D eigenvalue weighted by Gasteiger charge is 2.34. The molecule has 0 radical (unpaired) electrons. The third kappa shape index (κ3) is 3.37. The van der Waals surface area contributed by atoms with Gasteiger partial charge in [-0.3, -0.25) is 14.9 Å². The second-order valence-electron chi connectivity index (χ2n) is 4.89. The van der Waals surface area contributed by atoms with Gasteiger partial charge >= 0.3 is 5.97 Å². The lowest BCUT2D eigenvalue weighted by Gasteiger charge is -2.13. The number of carbonyl (C=O) groups is 1. The Morgan fingerprint density at radius 1 is 1.33 bits per heavy atom. The number of hydrogen-bond donors (Lipinski definition) is 2. The first-order chi connectivity index (χ1) is 9.81. The number of rotatable bonds is 5. The molecule has 0 unspecified atom stereocenters. The Hall–Kier alpha value is -2.00. The van der Waals surface area contributed by atoms with Gasteiger partial charge in [-0.1, -0.05) is 12.1 Å². The zero-order valence-electron chi connectivity index (χ0n) is 10.9. The summed E-state index contributed by atoms with van der Waals surface area (Å²) in [5.74, 6) is -1.54. The normalized spacial score (nSPS) is 22.1. The van der Waals surface area contributed by atoms with Crippen molar-refractivity contribution in [2.75, 3.05) is 0 Å². The highest BCUT2D eigenvalue weighted by Crippen LogP contribution is 2.28. The summed E-state index contributed by atoms with van der Waals surface area (Å²) in [7, 11) is -4.05. The van der Waals surface area contributed by atoms with Crippen LogP contribution in [0.2, 0.25) is 0 Å². The van der Waals surface area contributed by atoms with Crippen LogP contribution in [0.25, 0.3) is 0 Å². The molecular formula is C12H14N2O6S. The number of hydrogen-bond acceptors (Lipinski definition) is 5. The lowest BCUT2D eigenvalue weighted by atomic mass is 10.1. The lowest BCUT2D eigenvalue weighted by molar-refractivity contribution is -0.387. The number of aliphatic carboxylic acids is 1. The van der Waals surface area contributed by atoms with E-state index in [-0.39, 0.29) is 6.42 Å². The molecule has 0 aliphatic heterocycles. The van der Waals surface area contributed by atoms with Crippen molar-refractivity contribution in [3.63, 3.8) is 0 Å². The fourth-order valence-corrected chi connectivity index (χ4v) is 3.89. The number of nitro benzene ring substituents is 1. The molecule has 1 aliphatic rings. The topological polar surface area (TPSA) is 127 Å². The number of nitrogens with one attached hydrogen (secondary N) is 1. The molecule has 0 bridgehead atoms. The highest BCUT2D eigenvalue weighted by molar-refractivity contribution is 7.89. The molecule has 0 spiro atoms. The summed E-state index contributed by atoms with van der Waals surface area (Å²) in [6.07, 6.45) is 0.978. The average molecular weight is 314 g/mol. The van der Waals surface area contributed by atoms with Crippen molar-refractivity contribution in [3.8, 4) is 0 Å². The van der Waals surface area contributed by atoms with Crippen LogP contribution in [0.4, 0.5) is 5.69 Å². The van der Waals surface area contributed by atoms with Crippen LogP contribution in [0.3, 0.4) is 0 Å². The van der Waals surface area contributed by atoms with E-state index in [0.717, 1.165) is 12.1 Å². The molecule has 8 nitrogen and oxygen atoms in total. The van der Waals surface area contributed by atoms with Gasteiger partial charge in [-0.05, 0) is 25.3 Å². The molecule has 0 saturated heterocycles. The van der Waals surface area contributed by atoms with Crippen LogP contribution in [-0.2, 0) is 14.8 Å². The third-order valence-electron chi connectivity index (χ3n) is 3.46. The molecular weight excluding hydrogens is 300 g/mol. The second-order valence-corrected chi connectivity index (χ2v) is 6.57. The largest absolute Gasteiger partial charge is 0.481 e. The van der Waals surface area contributed by atoms with Gasteiger partial charge in [0.15, 0.2) is 4.90 Å². The summed E-state index contributed by atoms with van der Waals surface area (Å²) in [6.45, 7) is 0. The molecule has 0 amide bonds. The van der Waals surface area contributed by atoms with E-state index in [2.05, 4.69) is 4.72 Å². The molecule has 114 valence electrons. The second kappa shape index (κ2) is 5.78. The number of para-hydroxylation sites is 1. The minimum atomic E-state index is -4.05. The van der Waals surface area contributed by atoms with Gasteiger partial charge in [-0.2, -0.15) is 0 Å². The van der Waals surface area contributed by atoms with Crippen LogP contribution in [0.1, 0.15) is 19.3 Å². The summed E-state index contributed by atoms with van der Waals surface area (Å²) in [6, 6.07) is 4.53. The van der Waals surface area contributed by atoms with Crippen LogP contribution in [0.15, 0.2) is 29.2 Å². The Labute approximate surface area is 121 Å². The standard InChI is InChI=1S/C12H14N2O6S/c15-12(16)8-5-6-9(7-8)13-21(19,20)11-4-2-1-3-10(11)14(17)18/h1-4,8-9,13H,5-7H2,(H,15,16)/t8-,9+/m1/s1. The number of carboxylic acid groups (broad SMARTS) is 1. The van der Waals surface area contributed by atoms with Crippen LogP contribution >= 0.6 is 0 Å². The number of nitrogens with zero attached hydrogens (tertiary/aromatic N) is 1. The van der Waals surface area contributed by atoms with E-state index in [0.29, 0.717) is 12.8 Å². The lowest BCUT2D eigenvalue weighted by Crippen LogP contribution is -2.33. The summed E-state index contributed by atoms with van der Waals surface area (Å²) in [5.41, 5.74) is -0.502. The quantitative estimate of drug-likeness (QED) is 0.619. The minimum Gasteiger partial charge on any atom is -0.481 e. The minimum absolute atomic E-state index is 0.190. The van der Waals surface area contributed by atoms with Crippen molar-refractivity contribution < 1.29 is 23.2 Å². The fraction of sp³-hybridized carbons (Fsp3) is 0.417. The van der Waals surface area contributed by atoms with Gasteiger partial charge < -0.3 is 5.11 Å². The zero-order valence-corrected chi connectivity index (χ0v) is 11.7. The molecule has 2 atom stereocenters. The van der Waals surface area contributed by atoms with E-state index < -0.39 is 43.5 Å². The Kier molecular flexibility index (Phi) is 4.24. The van der Waals surface area contributed by atoms with Crippen LogP contribution in [0, 0.1) is 16.0 Å². The van der Waals surface area contributed by atoms with Crippen molar-refractivity contribution in [3.05, 3.63) is 34.4 Å². The average Bonchev–Trinajstić information content (AvgIpc) is 2.86. The van der Waals surface area contributed by atoms with Crippen molar-refractivity contribution >= 4 is 21.7 Å². The molecule has 1 aliphatic carbocycles. The molecule has 2 N–H and O–H groups in total. The number of nitro groups is 1. The van der Waals surface area contributed by atoms with Crippen molar-refractivity contribution in [2.24, 2.45) is 5.92 Å². The molecule has 0 aromatic heterocycles. The van der Waals surface area contributed by atoms with Gasteiger partial charge in [0.1, 0.15) is 0 Å². The molecule has 1 saturated carbocycles. The first kappa shape index (κ1) is 15.4. The molecule has 2 rings (SSSR count). The fourth-order valence-electron chi connectivity index (χ4n) is 2.43. The Balaban J connectivity index is 2.20. The molecule has 21 heavy (non-hydrogen) atoms. The SMILES string of the molecule is O=C(O)[C@@H]1CC[C@H](NS(=O)(=O)c2ccccc2[N+](=O)[O-])C1. The maximum absolute atomic E-state index is 12.2. The van der Waals surface area contributed by atoms with Gasteiger partial charge in [-0.15, -0.1) is 0 Å². The van der Waals surface area contributed by atoms with Crippen LogP contribution in [0.5, 0.6) is 0 Å². The summed E-state index contributed by atoms with van der Waals surface area (Å²) >= 11 is 0. The third-order valence-corrected chi connectivity index (χ3v) is 5.02. The molecule has 0 heterocycles. The summed E-state index contributed by atoms with van der Waals surface area (Å²) in [4.78, 5) is 20.6. The Morgan fingerprint density at radius 3 is 2.57 bits per heavy atom. The zero-order chi connectivity index (χ0) is 15.6. The Bertz CT molecular complexity index is 672. The highest BCUT2D eigenvalue weighted by atomic mass is 32.2. The summed E-state index contributed by atoms with van der Waals surface area (Å²) in [5, 5.41) is 19.8. The van der Waals surface area contributed by atoms with E-state index in [1.54, 1.807) is 0 Å². The monoisotopic (exact) mass is 314 g/mol. The molecule has 1 aromatic rings. The van der Waals surface area contributed by atoms with Gasteiger partial charge in [0.05, 0.1) is 10.8 Å². The first-order valence-corrected chi connectivity index (χ1v) is 7.78. The van der Waals surface area contributed by atoms with Crippen molar-refractivity contribution in [2.45, 2.75) is 30.2 Å². The number of sulfonamides is 1. The van der Waals surface area contributed by atoms with E-state index in [1.165, 1.54) is 12.1 Å². The van der Waals surface area contributed by atoms with E-state index in [4.69, 9.17) is 5.11 Å². The summed E-state index contributed by atoms with van der Waals surface area (Å²) < 4.78 is 26.8. The molecule has 9 heteroatoms. The van der Waals surface area contributed by atoms with E-state index in [9.17, 15) is 23.3 Å². The predicted molar refractivity (Wildman–Crippen MR) is 72.2 cm³/mol. The number of benzene rings is 1. The Morgan fingerprint density at radius 2 is 2.00 bits per heavy atom. The van der Waals surface area contributed by atoms with Gasteiger partial charge in [-0.25, -0.2) is 13.1 Å². The van der Waals surface area contributed by atoms with Crippen molar-refractivity contribution in [1.82, 2.24) is 4.72 Å². The number of carboxylic acids is 1. The molecule has 1 aromatic carbocycles. The van der Waals surface area contributed by atoms with Gasteiger partial charge in [0.2, 0.25) is 10.0 Å². The van der Waals surface area contributed by atoms with Gasteiger partial charge in [0.25, 0.3) is 5.69 Å². The maximum Gasteiger partial charge on any atom is 0.306 e. The predicted octanol–water partition coefficient (Wildman–Crippen LogP) is 1.13. The first-order valence-electron chi connectivity index (χ1n) is 6.30. The maximum atomic E-state index is 12.2. The molecule has 1 fully saturated rings.